The molecule has 6 aromatic rings. The van der Waals surface area contributed by atoms with Crippen LogP contribution < -0.4 is 11.1 Å². The molecule has 0 aliphatic rings. The van der Waals surface area contributed by atoms with Gasteiger partial charge in [-0.05, 0) is 30.5 Å². The lowest BCUT2D eigenvalue weighted by Gasteiger charge is -2.06. The molecule has 0 atom stereocenters. The molecule has 0 aliphatic carbocycles. The zero-order valence-electron chi connectivity index (χ0n) is 21.8. The molecule has 0 fully saturated rings. The van der Waals surface area contributed by atoms with Gasteiger partial charge in [0.15, 0.2) is 11.5 Å². The molecule has 0 saturated carbocycles. The smallest absolute Gasteiger partial charge is 0.258 e. The lowest BCUT2D eigenvalue weighted by atomic mass is 10.1. The van der Waals surface area contributed by atoms with Gasteiger partial charge in [-0.25, -0.2) is 14.5 Å². The lowest BCUT2D eigenvalue weighted by Crippen LogP contribution is -2.19. The maximum absolute atomic E-state index is 11.4. The first-order valence-corrected chi connectivity index (χ1v) is 12.4. The van der Waals surface area contributed by atoms with E-state index in [1.807, 2.05) is 37.5 Å². The van der Waals surface area contributed by atoms with Gasteiger partial charge >= 0.3 is 0 Å². The first kappa shape index (κ1) is 25.2. The number of hydrogen-bond donors (Lipinski definition) is 2. The Kier molecular flexibility index (Phi) is 7.05. The van der Waals surface area contributed by atoms with Crippen molar-refractivity contribution < 1.29 is 4.79 Å². The van der Waals surface area contributed by atoms with Gasteiger partial charge in [-0.2, -0.15) is 5.10 Å². The minimum atomic E-state index is -0.281. The fourth-order valence-corrected chi connectivity index (χ4v) is 4.24. The van der Waals surface area contributed by atoms with Crippen molar-refractivity contribution in [1.82, 2.24) is 39.1 Å². The zero-order valence-corrected chi connectivity index (χ0v) is 21.8. The largest absolute Gasteiger partial charge is 0.381 e. The van der Waals surface area contributed by atoms with Crippen molar-refractivity contribution in [2.45, 2.75) is 13.3 Å². The van der Waals surface area contributed by atoms with Gasteiger partial charge in [-0.15, -0.1) is 5.10 Å². The number of hydrogen-bond acceptors (Lipinski definition) is 6. The summed E-state index contributed by atoms with van der Waals surface area (Å²) in [5.41, 5.74) is 12.5. The van der Waals surface area contributed by atoms with Gasteiger partial charge < -0.3 is 11.1 Å². The fraction of sp³-hybridized carbons (Fsp3) is 0.138. The number of benzene rings is 1. The average molecular weight is 518 g/mol. The SMILES string of the molecule is CCc1nc2cccc(C#Cc3cnn(C)c3)n2c1-c1ccccc1.CNC(=O)c1c(N)nn2cccnc12. The Morgan fingerprint density at radius 1 is 1.08 bits per heavy atom. The van der Waals surface area contributed by atoms with Crippen molar-refractivity contribution in [1.29, 1.82) is 0 Å². The van der Waals surface area contributed by atoms with E-state index in [1.165, 1.54) is 11.6 Å². The average Bonchev–Trinajstić information content (AvgIpc) is 3.66. The van der Waals surface area contributed by atoms with Crippen LogP contribution in [0.5, 0.6) is 0 Å². The van der Waals surface area contributed by atoms with Gasteiger partial charge in [0.1, 0.15) is 11.2 Å². The Hall–Kier alpha value is -5.43. The van der Waals surface area contributed by atoms with Crippen LogP contribution in [0.2, 0.25) is 0 Å². The van der Waals surface area contributed by atoms with Crippen molar-refractivity contribution in [2.75, 3.05) is 12.8 Å². The van der Waals surface area contributed by atoms with Gasteiger partial charge in [0.05, 0.1) is 28.8 Å². The van der Waals surface area contributed by atoms with Crippen molar-refractivity contribution in [3.05, 3.63) is 102 Å². The van der Waals surface area contributed by atoms with E-state index in [4.69, 9.17) is 10.7 Å². The number of aromatic nitrogens is 7. The number of imidazole rings is 1. The number of pyridine rings is 1. The summed E-state index contributed by atoms with van der Waals surface area (Å²) >= 11 is 0. The molecule has 6 rings (SSSR count). The van der Waals surface area contributed by atoms with Crippen molar-refractivity contribution in [3.8, 4) is 23.1 Å². The Balaban J connectivity index is 0.000000186. The van der Waals surface area contributed by atoms with Crippen LogP contribution in [0.3, 0.4) is 0 Å². The number of nitrogens with one attached hydrogen (secondary N) is 1. The van der Waals surface area contributed by atoms with Crippen LogP contribution in [0.1, 0.15) is 34.2 Å². The molecule has 0 spiro atoms. The van der Waals surface area contributed by atoms with Crippen molar-refractivity contribution in [3.63, 3.8) is 0 Å². The monoisotopic (exact) mass is 517 g/mol. The van der Waals surface area contributed by atoms with E-state index in [2.05, 4.69) is 67.9 Å². The van der Waals surface area contributed by atoms with Crippen LogP contribution in [-0.4, -0.2) is 46.7 Å². The molecule has 0 radical (unpaired) electrons. The van der Waals surface area contributed by atoms with Gasteiger partial charge in [-0.1, -0.05) is 49.2 Å². The molecule has 0 bridgehead atoms. The standard InChI is InChI=1S/C21H18N4.C8H9N5O/c1-3-19-21(17-8-5-4-6-9-17)25-18(10-7-11-20(25)23-19)13-12-16-14-22-24(2)15-16;1-10-8(14)5-6(9)12-13-4-2-3-11-7(5)13/h4-11,14-15H,3H2,1-2H3;2-4H,1H3,(H2,9,12)(H,10,14). The van der Waals surface area contributed by atoms with Gasteiger partial charge in [0.2, 0.25) is 0 Å². The summed E-state index contributed by atoms with van der Waals surface area (Å²) in [5.74, 6) is 6.38. The first-order valence-electron chi connectivity index (χ1n) is 12.4. The van der Waals surface area contributed by atoms with Crippen LogP contribution in [-0.2, 0) is 13.5 Å². The molecule has 0 unspecified atom stereocenters. The van der Waals surface area contributed by atoms with E-state index in [0.29, 0.717) is 11.2 Å². The topological polar surface area (TPSA) is 120 Å². The second kappa shape index (κ2) is 10.9. The highest BCUT2D eigenvalue weighted by Crippen LogP contribution is 2.27. The highest BCUT2D eigenvalue weighted by atomic mass is 16.1. The number of aryl methyl sites for hydroxylation is 2. The number of amides is 1. The van der Waals surface area contributed by atoms with E-state index in [1.54, 1.807) is 29.3 Å². The van der Waals surface area contributed by atoms with Crippen LogP contribution in [0.4, 0.5) is 5.82 Å². The molecule has 1 aromatic carbocycles. The Labute approximate surface area is 225 Å². The molecule has 39 heavy (non-hydrogen) atoms. The molecule has 194 valence electrons. The van der Waals surface area contributed by atoms with E-state index in [0.717, 1.165) is 40.3 Å². The van der Waals surface area contributed by atoms with Crippen LogP contribution in [0.15, 0.2) is 79.4 Å². The number of anilines is 1. The molecule has 3 N–H and O–H groups in total. The molecule has 10 heteroatoms. The Morgan fingerprint density at radius 3 is 2.62 bits per heavy atom. The maximum atomic E-state index is 11.4. The fourth-order valence-electron chi connectivity index (χ4n) is 4.24. The summed E-state index contributed by atoms with van der Waals surface area (Å²) in [7, 11) is 3.43. The highest BCUT2D eigenvalue weighted by Gasteiger charge is 2.17. The van der Waals surface area contributed by atoms with E-state index in [-0.39, 0.29) is 11.7 Å². The molecule has 5 heterocycles. The molecule has 5 aromatic heterocycles. The minimum absolute atomic E-state index is 0.183. The summed E-state index contributed by atoms with van der Waals surface area (Å²) < 4.78 is 5.38. The molecular weight excluding hydrogens is 490 g/mol. The third kappa shape index (κ3) is 5.06. The van der Waals surface area contributed by atoms with Crippen molar-refractivity contribution in [2.24, 2.45) is 7.05 Å². The second-order valence-corrected chi connectivity index (χ2v) is 8.61. The highest BCUT2D eigenvalue weighted by molar-refractivity contribution is 6.03. The summed E-state index contributed by atoms with van der Waals surface area (Å²) in [4.78, 5) is 20.3. The summed E-state index contributed by atoms with van der Waals surface area (Å²) in [6.07, 6.45) is 7.84. The minimum Gasteiger partial charge on any atom is -0.381 e. The molecule has 10 nitrogen and oxygen atoms in total. The molecule has 0 aliphatic heterocycles. The van der Waals surface area contributed by atoms with Gasteiger partial charge in [0, 0.05) is 38.2 Å². The zero-order chi connectivity index (χ0) is 27.4. The van der Waals surface area contributed by atoms with Crippen LogP contribution >= 0.6 is 0 Å². The van der Waals surface area contributed by atoms with E-state index < -0.39 is 0 Å². The van der Waals surface area contributed by atoms with E-state index >= 15 is 0 Å². The number of carbonyl (C=O) groups excluding carboxylic acids is 1. The number of carbonyl (C=O) groups is 1. The quantitative estimate of drug-likeness (QED) is 0.347. The summed E-state index contributed by atoms with van der Waals surface area (Å²) in [5, 5.41) is 10.6. The number of rotatable bonds is 3. The predicted molar refractivity (Wildman–Crippen MR) is 150 cm³/mol. The number of fused-ring (bicyclic) bond motifs is 2. The van der Waals surface area contributed by atoms with Crippen molar-refractivity contribution >= 4 is 23.0 Å². The predicted octanol–water partition coefficient (Wildman–Crippen LogP) is 3.37. The summed E-state index contributed by atoms with van der Waals surface area (Å²) in [6.45, 7) is 2.13. The number of nitrogens with zero attached hydrogens (tertiary/aromatic N) is 7. The van der Waals surface area contributed by atoms with Gasteiger partial charge in [-0.3, -0.25) is 13.9 Å². The molecule has 0 saturated heterocycles. The second-order valence-electron chi connectivity index (χ2n) is 8.61. The summed E-state index contributed by atoms with van der Waals surface area (Å²) in [6, 6.07) is 18.2. The van der Waals surface area contributed by atoms with Gasteiger partial charge in [0.25, 0.3) is 5.91 Å². The Morgan fingerprint density at radius 2 is 1.90 bits per heavy atom. The number of nitrogen functional groups attached to an aromatic ring is 1. The number of nitrogens with two attached hydrogens (primary N) is 1. The first-order chi connectivity index (χ1) is 19.0. The van der Waals surface area contributed by atoms with Crippen LogP contribution in [0, 0.1) is 11.8 Å². The van der Waals surface area contributed by atoms with Crippen LogP contribution in [0.25, 0.3) is 22.6 Å². The lowest BCUT2D eigenvalue weighted by molar-refractivity contribution is 0.0965. The third-order valence-electron chi connectivity index (χ3n) is 6.01. The normalized spacial score (nSPS) is 10.5. The molecular formula is C29H27N9O. The maximum Gasteiger partial charge on any atom is 0.258 e. The third-order valence-corrected chi connectivity index (χ3v) is 6.01. The molecule has 1 amide bonds. The Bertz CT molecular complexity index is 1830. The van der Waals surface area contributed by atoms with E-state index in [9.17, 15) is 4.79 Å².